The Labute approximate surface area is 128 Å². The van der Waals surface area contributed by atoms with Crippen LogP contribution in [0.15, 0.2) is 35.4 Å². The molecule has 1 heterocycles. The van der Waals surface area contributed by atoms with Gasteiger partial charge < -0.3 is 9.47 Å². The van der Waals surface area contributed by atoms with Crippen LogP contribution in [0.5, 0.6) is 0 Å². The summed E-state index contributed by atoms with van der Waals surface area (Å²) >= 11 is 0. The van der Waals surface area contributed by atoms with Crippen molar-refractivity contribution in [3.63, 3.8) is 0 Å². The summed E-state index contributed by atoms with van der Waals surface area (Å²) in [5.41, 5.74) is 0.142. The number of aromatic nitrogens is 1. The first-order valence-electron chi connectivity index (χ1n) is 8.82. The first-order valence-corrected chi connectivity index (χ1v) is 7.78. The van der Waals surface area contributed by atoms with E-state index in [2.05, 4.69) is 0 Å². The van der Waals surface area contributed by atoms with Gasteiger partial charge >= 0.3 is 10.2 Å². The Morgan fingerprint density at radius 1 is 1.19 bits per heavy atom. The molecular weight excluding hydrogens is 311 g/mol. The number of hydrogen-bond donors (Lipinski definition) is 0. The molecule has 0 saturated carbocycles. The van der Waals surface area contributed by atoms with E-state index in [9.17, 15) is 19.4 Å². The Morgan fingerprint density at radius 3 is 2.43 bits per heavy atom. The van der Waals surface area contributed by atoms with Crippen LogP contribution in [0.25, 0.3) is 10.9 Å². The molecule has 0 N–H and O–H groups in total. The molecule has 0 radical (unpaired) electrons. The van der Waals surface area contributed by atoms with E-state index in [1.54, 1.807) is 0 Å². The molecule has 0 aliphatic rings. The zero-order chi connectivity index (χ0) is 21.1. The van der Waals surface area contributed by atoms with Gasteiger partial charge in [-0.1, -0.05) is 19.4 Å². The van der Waals surface area contributed by atoms with E-state index < -0.39 is 35.1 Å². The molecule has 0 saturated heterocycles. The molecule has 1 aromatic carbocycles. The maximum Gasteiger partial charge on any atom is 0.310 e. The molecule has 0 unspecified atom stereocenters. The second-order valence-electron chi connectivity index (χ2n) is 4.88. The van der Waals surface area contributed by atoms with Crippen LogP contribution in [0.4, 0.5) is 19.4 Å². The van der Waals surface area contributed by atoms with Gasteiger partial charge in [-0.05, 0) is 45.1 Å². The van der Waals surface area contributed by atoms with Crippen LogP contribution >= 0.6 is 10.2 Å². The fraction of sp³-hybridized carbons (Fsp3) is 0.385. The predicted molar refractivity (Wildman–Crippen MR) is 76.5 cm³/mol. The summed E-state index contributed by atoms with van der Waals surface area (Å²) < 4.78 is 110. The van der Waals surface area contributed by atoms with E-state index in [0.717, 1.165) is 6.07 Å². The van der Waals surface area contributed by atoms with Gasteiger partial charge in [0.1, 0.15) is 4.90 Å². The lowest BCUT2D eigenvalue weighted by Gasteiger charge is -2.40. The smallest absolute Gasteiger partial charge is 0.310 e. The molecule has 1 aromatic heterocycles. The Balaban J connectivity index is 2.41. The summed E-state index contributed by atoms with van der Waals surface area (Å²) in [5, 5.41) is -0.123. The zero-order valence-corrected chi connectivity index (χ0v) is 11.7. The SMILES string of the molecule is [2H]C([2H])([2H])N([C@H](C)Cn1ccc2cc(S(F)(F)(F)(F)F)ccc21)C([2H])([2H])[2H]. The van der Waals surface area contributed by atoms with Gasteiger partial charge in [-0.25, -0.2) is 0 Å². The summed E-state index contributed by atoms with van der Waals surface area (Å²) in [6.45, 7) is -4.70. The number of halogens is 5. The quantitative estimate of drug-likeness (QED) is 0.693. The Morgan fingerprint density at radius 2 is 1.86 bits per heavy atom. The average molecular weight is 334 g/mol. The molecule has 2 rings (SSSR count). The minimum absolute atomic E-state index is 0.123. The first kappa shape index (κ1) is 9.68. The number of likely N-dealkylation sites (N-methyl/N-ethyl adjacent to an activating group) is 1. The highest BCUT2D eigenvalue weighted by atomic mass is 32.5. The molecule has 2 aromatic rings. The van der Waals surface area contributed by atoms with Gasteiger partial charge in [0.15, 0.2) is 0 Å². The molecule has 0 amide bonds. The minimum Gasteiger partial charge on any atom is -0.346 e. The maximum atomic E-state index is 12.9. The lowest BCUT2D eigenvalue weighted by Crippen LogP contribution is -2.28. The molecule has 0 fully saturated rings. The van der Waals surface area contributed by atoms with Crippen LogP contribution in [0, 0.1) is 0 Å². The molecule has 120 valence electrons. The van der Waals surface area contributed by atoms with Gasteiger partial charge in [0.2, 0.25) is 0 Å². The lowest BCUT2D eigenvalue weighted by atomic mass is 10.2. The van der Waals surface area contributed by atoms with E-state index in [4.69, 9.17) is 8.22 Å². The maximum absolute atomic E-state index is 12.9. The summed E-state index contributed by atoms with van der Waals surface area (Å²) in [5.74, 6) is 0. The minimum atomic E-state index is -9.82. The zero-order valence-electron chi connectivity index (χ0n) is 16.9. The molecule has 2 nitrogen and oxygen atoms in total. The van der Waals surface area contributed by atoms with Gasteiger partial charge in [0.05, 0.1) is 0 Å². The van der Waals surface area contributed by atoms with Crippen LogP contribution in [0.1, 0.15) is 15.1 Å². The number of fused-ring (bicyclic) bond motifs is 1. The number of benzene rings is 1. The highest BCUT2D eigenvalue weighted by Gasteiger charge is 2.65. The van der Waals surface area contributed by atoms with Crippen molar-refractivity contribution in [2.75, 3.05) is 14.0 Å². The predicted octanol–water partition coefficient (Wildman–Crippen LogP) is 5.25. The van der Waals surface area contributed by atoms with E-state index in [1.807, 2.05) is 0 Å². The summed E-state index contributed by atoms with van der Waals surface area (Å²) in [7, 11) is -9.82. The Hall–Kier alpha value is -1.28. The van der Waals surface area contributed by atoms with E-state index in [0.29, 0.717) is 11.0 Å². The van der Waals surface area contributed by atoms with Crippen LogP contribution in [0.2, 0.25) is 0 Å². The third-order valence-electron chi connectivity index (χ3n) is 3.09. The van der Waals surface area contributed by atoms with Gasteiger partial charge in [-0.15, -0.1) is 0 Å². The molecular formula is C13H17F5N2S. The standard InChI is InChI=1S/C13H17F5N2S/c1-10(19(2)3)9-20-7-6-11-8-12(4-5-13(11)20)21(14,15,16,17)18/h4-8,10H,9H2,1-3H3/t10-/m1/s1/i2D3,3D3. The van der Waals surface area contributed by atoms with E-state index in [1.165, 1.54) is 23.8 Å². The van der Waals surface area contributed by atoms with Crippen molar-refractivity contribution < 1.29 is 27.7 Å². The number of hydrogen-bond acceptors (Lipinski definition) is 1. The monoisotopic (exact) mass is 334 g/mol. The largest absolute Gasteiger partial charge is 0.346 e. The van der Waals surface area contributed by atoms with Crippen molar-refractivity contribution >= 4 is 21.1 Å². The molecule has 0 aliphatic carbocycles. The highest BCUT2D eigenvalue weighted by molar-refractivity contribution is 8.45. The molecule has 0 aliphatic heterocycles. The molecule has 0 bridgehead atoms. The van der Waals surface area contributed by atoms with Crippen LogP contribution in [0.3, 0.4) is 0 Å². The normalized spacial score (nSPS) is 23.2. The second kappa shape index (κ2) is 4.13. The third-order valence-corrected chi connectivity index (χ3v) is 4.23. The molecule has 0 spiro atoms. The number of rotatable bonds is 4. The number of nitrogens with zero attached hydrogens (tertiary/aromatic N) is 2. The fourth-order valence-electron chi connectivity index (χ4n) is 1.94. The van der Waals surface area contributed by atoms with Gasteiger partial charge in [0, 0.05) is 37.9 Å². The van der Waals surface area contributed by atoms with E-state index >= 15 is 0 Å². The van der Waals surface area contributed by atoms with Gasteiger partial charge in [-0.3, -0.25) is 0 Å². The second-order valence-corrected chi connectivity index (χ2v) is 7.29. The summed E-state index contributed by atoms with van der Waals surface area (Å²) in [6.07, 6.45) is 1.29. The van der Waals surface area contributed by atoms with Crippen molar-refractivity contribution in [3.8, 4) is 0 Å². The molecule has 1 atom stereocenters. The van der Waals surface area contributed by atoms with Crippen molar-refractivity contribution in [2.24, 2.45) is 0 Å². The highest BCUT2D eigenvalue weighted by Crippen LogP contribution is 3.02. The Bertz CT molecular complexity index is 845. The lowest BCUT2D eigenvalue weighted by molar-refractivity contribution is 0.286. The van der Waals surface area contributed by atoms with Gasteiger partial charge in [0.25, 0.3) is 0 Å². The van der Waals surface area contributed by atoms with Crippen LogP contribution in [-0.2, 0) is 6.54 Å². The van der Waals surface area contributed by atoms with Crippen molar-refractivity contribution in [2.45, 2.75) is 24.4 Å². The molecule has 21 heavy (non-hydrogen) atoms. The van der Waals surface area contributed by atoms with Crippen molar-refractivity contribution in [3.05, 3.63) is 30.5 Å². The summed E-state index contributed by atoms with van der Waals surface area (Å²) in [6, 6.07) is 1.56. The topological polar surface area (TPSA) is 8.17 Å². The summed E-state index contributed by atoms with van der Waals surface area (Å²) in [4.78, 5) is -1.69. The third kappa shape index (κ3) is 3.49. The molecule has 8 heteroatoms. The van der Waals surface area contributed by atoms with E-state index in [-0.39, 0.29) is 23.5 Å². The van der Waals surface area contributed by atoms with Gasteiger partial charge in [-0.2, -0.15) is 0 Å². The van der Waals surface area contributed by atoms with Crippen LogP contribution in [-0.4, -0.2) is 29.5 Å². The average Bonchev–Trinajstić information content (AvgIpc) is 2.75. The van der Waals surface area contributed by atoms with Crippen LogP contribution < -0.4 is 0 Å². The Kier molecular flexibility index (Phi) is 1.90. The fourth-order valence-corrected chi connectivity index (χ4v) is 2.62. The first-order chi connectivity index (χ1) is 11.7. The van der Waals surface area contributed by atoms with Crippen molar-refractivity contribution in [1.82, 2.24) is 9.47 Å². The van der Waals surface area contributed by atoms with Crippen molar-refractivity contribution in [1.29, 1.82) is 0 Å².